The molecule has 0 bridgehead atoms. The first-order chi connectivity index (χ1) is 11.0. The van der Waals surface area contributed by atoms with Crippen molar-refractivity contribution < 1.29 is 24.2 Å². The maximum atomic E-state index is 12.3. The fourth-order valence-electron chi connectivity index (χ4n) is 2.71. The molecular formula is C16H29N3O5. The molecule has 0 spiro atoms. The number of rotatable bonds is 5. The number of aliphatic carboxylic acids is 1. The van der Waals surface area contributed by atoms with Crippen molar-refractivity contribution in [3.05, 3.63) is 0 Å². The van der Waals surface area contributed by atoms with E-state index >= 15 is 0 Å². The number of nitrogens with zero attached hydrogens (tertiary/aromatic N) is 1. The van der Waals surface area contributed by atoms with Gasteiger partial charge in [0, 0.05) is 7.05 Å². The van der Waals surface area contributed by atoms with Gasteiger partial charge in [0.15, 0.2) is 6.17 Å². The summed E-state index contributed by atoms with van der Waals surface area (Å²) in [5.74, 6) is -1.90. The molecule has 8 nitrogen and oxygen atoms in total. The molecule has 1 rings (SSSR count). The number of carbonyl (C=O) groups excluding carboxylic acids is 2. The van der Waals surface area contributed by atoms with Crippen molar-refractivity contribution in [1.29, 1.82) is 0 Å². The van der Waals surface area contributed by atoms with Crippen molar-refractivity contribution in [3.63, 3.8) is 0 Å². The van der Waals surface area contributed by atoms with Crippen LogP contribution in [0.2, 0.25) is 0 Å². The molecule has 8 heteroatoms. The highest BCUT2D eigenvalue weighted by Gasteiger charge is 2.34. The fraction of sp³-hybridized carbons (Fsp3) is 0.812. The molecule has 2 amide bonds. The molecular weight excluding hydrogens is 314 g/mol. The summed E-state index contributed by atoms with van der Waals surface area (Å²) in [7, 11) is 1.34. The Morgan fingerprint density at radius 1 is 1.21 bits per heavy atom. The molecule has 0 aliphatic heterocycles. The Bertz CT molecular complexity index is 469. The van der Waals surface area contributed by atoms with Crippen LogP contribution in [0.15, 0.2) is 0 Å². The number of carbonyl (C=O) groups is 3. The zero-order chi connectivity index (χ0) is 18.5. The lowest BCUT2D eigenvalue weighted by atomic mass is 9.84. The van der Waals surface area contributed by atoms with Gasteiger partial charge in [0.05, 0.1) is 0 Å². The summed E-state index contributed by atoms with van der Waals surface area (Å²) in [6.45, 7) is 5.11. The lowest BCUT2D eigenvalue weighted by molar-refractivity contribution is -0.144. The topological polar surface area (TPSA) is 122 Å². The molecule has 0 saturated heterocycles. The minimum Gasteiger partial charge on any atom is -0.480 e. The molecule has 138 valence electrons. The van der Waals surface area contributed by atoms with Crippen molar-refractivity contribution in [2.24, 2.45) is 11.7 Å². The number of ether oxygens (including phenoxy) is 1. The Labute approximate surface area is 142 Å². The second-order valence-electron chi connectivity index (χ2n) is 7.26. The van der Waals surface area contributed by atoms with Crippen LogP contribution in [-0.2, 0) is 14.3 Å². The van der Waals surface area contributed by atoms with Gasteiger partial charge in [0.2, 0.25) is 0 Å². The van der Waals surface area contributed by atoms with E-state index < -0.39 is 35.8 Å². The van der Waals surface area contributed by atoms with Gasteiger partial charge in [-0.3, -0.25) is 9.69 Å². The molecule has 0 heterocycles. The zero-order valence-corrected chi connectivity index (χ0v) is 14.9. The normalized spacial score (nSPS) is 18.4. The quantitative estimate of drug-likeness (QED) is 0.647. The first-order valence-corrected chi connectivity index (χ1v) is 8.27. The van der Waals surface area contributed by atoms with Crippen molar-refractivity contribution in [1.82, 2.24) is 10.2 Å². The van der Waals surface area contributed by atoms with Gasteiger partial charge in [0.25, 0.3) is 5.91 Å². The third kappa shape index (κ3) is 5.99. The number of carboxylic acid groups (broad SMARTS) is 1. The number of nitrogens with one attached hydrogen (secondary N) is 1. The Morgan fingerprint density at radius 2 is 1.75 bits per heavy atom. The highest BCUT2D eigenvalue weighted by molar-refractivity contribution is 5.88. The smallest absolute Gasteiger partial charge is 0.411 e. The molecule has 0 aromatic carbocycles. The van der Waals surface area contributed by atoms with Crippen LogP contribution in [0, 0.1) is 5.92 Å². The molecule has 0 aromatic rings. The van der Waals surface area contributed by atoms with Crippen molar-refractivity contribution in [2.75, 3.05) is 7.05 Å². The van der Waals surface area contributed by atoms with Crippen LogP contribution in [0.4, 0.5) is 4.79 Å². The van der Waals surface area contributed by atoms with Crippen LogP contribution in [0.5, 0.6) is 0 Å². The summed E-state index contributed by atoms with van der Waals surface area (Å²) in [5, 5.41) is 11.9. The number of carboxylic acids is 1. The third-order valence-corrected chi connectivity index (χ3v) is 4.05. The average Bonchev–Trinajstić information content (AvgIpc) is 2.49. The molecule has 1 aliphatic rings. The van der Waals surface area contributed by atoms with Crippen LogP contribution >= 0.6 is 0 Å². The van der Waals surface area contributed by atoms with E-state index in [4.69, 9.17) is 10.5 Å². The molecule has 4 N–H and O–H groups in total. The van der Waals surface area contributed by atoms with Gasteiger partial charge in [-0.15, -0.1) is 0 Å². The first-order valence-electron chi connectivity index (χ1n) is 8.27. The fourth-order valence-corrected chi connectivity index (χ4v) is 2.71. The lowest BCUT2D eigenvalue weighted by Gasteiger charge is -2.31. The Kier molecular flexibility index (Phi) is 7.01. The SMILES string of the molecule is CN(C(=O)OC(C)(C)C)[C@@H](N)C(=O)N[C@H](C(=O)O)C1CCCCC1. The Hall–Kier alpha value is -1.83. The van der Waals surface area contributed by atoms with Gasteiger partial charge in [-0.25, -0.2) is 9.59 Å². The molecule has 1 aliphatic carbocycles. The van der Waals surface area contributed by atoms with Crippen LogP contribution in [0.1, 0.15) is 52.9 Å². The molecule has 0 radical (unpaired) electrons. The van der Waals surface area contributed by atoms with E-state index in [0.29, 0.717) is 0 Å². The molecule has 24 heavy (non-hydrogen) atoms. The second-order valence-corrected chi connectivity index (χ2v) is 7.26. The maximum absolute atomic E-state index is 12.3. The summed E-state index contributed by atoms with van der Waals surface area (Å²) in [6, 6.07) is -0.990. The van der Waals surface area contributed by atoms with Gasteiger partial charge >= 0.3 is 12.1 Å². The summed E-state index contributed by atoms with van der Waals surface area (Å²) in [4.78, 5) is 36.7. The summed E-state index contributed by atoms with van der Waals surface area (Å²) in [6.07, 6.45) is 2.45. The Morgan fingerprint density at radius 3 is 2.21 bits per heavy atom. The molecule has 1 fully saturated rings. The van der Waals surface area contributed by atoms with E-state index in [1.165, 1.54) is 7.05 Å². The van der Waals surface area contributed by atoms with Gasteiger partial charge in [-0.2, -0.15) is 0 Å². The van der Waals surface area contributed by atoms with Crippen LogP contribution in [0.25, 0.3) is 0 Å². The first kappa shape index (κ1) is 20.2. The number of likely N-dealkylation sites (N-methyl/N-ethyl adjacent to an activating group) is 1. The zero-order valence-electron chi connectivity index (χ0n) is 14.9. The molecule has 1 saturated carbocycles. The van der Waals surface area contributed by atoms with Crippen LogP contribution in [0.3, 0.4) is 0 Å². The van der Waals surface area contributed by atoms with E-state index in [0.717, 1.165) is 37.0 Å². The minimum atomic E-state index is -1.31. The van der Waals surface area contributed by atoms with E-state index in [-0.39, 0.29) is 5.92 Å². The van der Waals surface area contributed by atoms with Gasteiger partial charge < -0.3 is 20.9 Å². The number of hydrogen-bond acceptors (Lipinski definition) is 5. The van der Waals surface area contributed by atoms with Gasteiger partial charge in [0.1, 0.15) is 11.6 Å². The molecule has 0 aromatic heterocycles. The largest absolute Gasteiger partial charge is 0.480 e. The Balaban J connectivity index is 2.68. The van der Waals surface area contributed by atoms with Gasteiger partial charge in [-0.1, -0.05) is 19.3 Å². The van der Waals surface area contributed by atoms with Crippen LogP contribution < -0.4 is 11.1 Å². The second kappa shape index (κ2) is 8.32. The highest BCUT2D eigenvalue weighted by atomic mass is 16.6. The summed E-state index contributed by atoms with van der Waals surface area (Å²) < 4.78 is 5.15. The van der Waals surface area contributed by atoms with Crippen molar-refractivity contribution in [3.8, 4) is 0 Å². The van der Waals surface area contributed by atoms with E-state index in [1.807, 2.05) is 0 Å². The van der Waals surface area contributed by atoms with E-state index in [9.17, 15) is 19.5 Å². The summed E-state index contributed by atoms with van der Waals surface area (Å²) >= 11 is 0. The lowest BCUT2D eigenvalue weighted by Crippen LogP contribution is -2.58. The third-order valence-electron chi connectivity index (χ3n) is 4.05. The highest BCUT2D eigenvalue weighted by Crippen LogP contribution is 2.26. The molecule has 0 unspecified atom stereocenters. The molecule has 2 atom stereocenters. The number of amides is 2. The number of nitrogens with two attached hydrogens (primary N) is 1. The monoisotopic (exact) mass is 343 g/mol. The predicted molar refractivity (Wildman–Crippen MR) is 88.1 cm³/mol. The van der Waals surface area contributed by atoms with Crippen molar-refractivity contribution in [2.45, 2.75) is 70.7 Å². The van der Waals surface area contributed by atoms with Crippen LogP contribution in [-0.4, -0.2) is 52.8 Å². The van der Waals surface area contributed by atoms with Gasteiger partial charge in [-0.05, 0) is 39.5 Å². The van der Waals surface area contributed by atoms with E-state index in [2.05, 4.69) is 5.32 Å². The number of hydrogen-bond donors (Lipinski definition) is 3. The average molecular weight is 343 g/mol. The summed E-state index contributed by atoms with van der Waals surface area (Å²) in [5.41, 5.74) is 5.06. The predicted octanol–water partition coefficient (Wildman–Crippen LogP) is 1.29. The maximum Gasteiger partial charge on any atom is 0.411 e. The standard InChI is InChI=1S/C16H29N3O5/c1-16(2,3)24-15(23)19(4)12(17)13(20)18-11(14(21)22)10-8-6-5-7-9-10/h10-12H,5-9,17H2,1-4H3,(H,18,20)(H,21,22)/t11-,12+/m0/s1. The van der Waals surface area contributed by atoms with Crippen molar-refractivity contribution >= 4 is 18.0 Å². The van der Waals surface area contributed by atoms with E-state index in [1.54, 1.807) is 20.8 Å². The minimum absolute atomic E-state index is 0.112.